The lowest BCUT2D eigenvalue weighted by Crippen LogP contribution is -2.37. The summed E-state index contributed by atoms with van der Waals surface area (Å²) in [5.74, 6) is 0.583. The summed E-state index contributed by atoms with van der Waals surface area (Å²) >= 11 is 1.41. The van der Waals surface area contributed by atoms with Crippen LogP contribution in [0.4, 0.5) is 14.7 Å². The van der Waals surface area contributed by atoms with Crippen LogP contribution in [-0.4, -0.2) is 48.2 Å². The van der Waals surface area contributed by atoms with E-state index in [-0.39, 0.29) is 11.6 Å². The van der Waals surface area contributed by atoms with Crippen LogP contribution in [-0.2, 0) is 10.5 Å². The Morgan fingerprint density at radius 1 is 1.10 bits per heavy atom. The van der Waals surface area contributed by atoms with Crippen LogP contribution < -0.4 is 9.64 Å². The predicted molar refractivity (Wildman–Crippen MR) is 107 cm³/mol. The number of anilines is 1. The fourth-order valence-corrected chi connectivity index (χ4v) is 4.00. The molecule has 0 N–H and O–H groups in total. The number of methoxy groups -OCH3 is 1. The summed E-state index contributed by atoms with van der Waals surface area (Å²) in [6.45, 7) is 2.57. The maximum atomic E-state index is 14.0. The molecular weight excluding hydrogens is 398 g/mol. The lowest BCUT2D eigenvalue weighted by Gasteiger charge is -2.27. The summed E-state index contributed by atoms with van der Waals surface area (Å²) in [5, 5.41) is 9.28. The number of ether oxygens (including phenoxy) is 2. The summed E-state index contributed by atoms with van der Waals surface area (Å²) in [6, 6.07) is 11.2. The van der Waals surface area contributed by atoms with Gasteiger partial charge in [-0.2, -0.15) is 0 Å². The van der Waals surface area contributed by atoms with Gasteiger partial charge in [0.1, 0.15) is 5.82 Å². The molecule has 3 aromatic rings. The average Bonchev–Trinajstić information content (AvgIpc) is 3.17. The van der Waals surface area contributed by atoms with Gasteiger partial charge in [-0.05, 0) is 35.9 Å². The van der Waals surface area contributed by atoms with Crippen molar-refractivity contribution < 1.29 is 18.3 Å². The predicted octanol–water partition coefficient (Wildman–Crippen LogP) is 3.68. The highest BCUT2D eigenvalue weighted by Gasteiger charge is 2.22. The van der Waals surface area contributed by atoms with Gasteiger partial charge in [-0.3, -0.25) is 4.57 Å². The second-order valence-electron chi connectivity index (χ2n) is 6.45. The van der Waals surface area contributed by atoms with E-state index < -0.39 is 5.82 Å². The van der Waals surface area contributed by atoms with Crippen molar-refractivity contribution in [2.75, 3.05) is 38.3 Å². The first-order valence-corrected chi connectivity index (χ1v) is 10.1. The van der Waals surface area contributed by atoms with E-state index in [9.17, 15) is 8.78 Å². The molecule has 2 aromatic carbocycles. The number of aromatic nitrogens is 3. The van der Waals surface area contributed by atoms with Crippen LogP contribution in [0.3, 0.4) is 0 Å². The van der Waals surface area contributed by atoms with Crippen molar-refractivity contribution in [2.45, 2.75) is 10.9 Å². The third-order valence-electron chi connectivity index (χ3n) is 4.56. The Hall–Kier alpha value is -2.65. The minimum Gasteiger partial charge on any atom is -0.494 e. The van der Waals surface area contributed by atoms with Gasteiger partial charge in [0.15, 0.2) is 16.7 Å². The maximum absolute atomic E-state index is 14.0. The van der Waals surface area contributed by atoms with Crippen molar-refractivity contribution >= 4 is 17.7 Å². The van der Waals surface area contributed by atoms with Gasteiger partial charge in [0.25, 0.3) is 0 Å². The molecule has 9 heteroatoms. The Morgan fingerprint density at radius 3 is 2.66 bits per heavy atom. The van der Waals surface area contributed by atoms with E-state index in [0.29, 0.717) is 48.8 Å². The van der Waals surface area contributed by atoms with Gasteiger partial charge in [0, 0.05) is 18.8 Å². The monoisotopic (exact) mass is 418 g/mol. The minimum absolute atomic E-state index is 0.205. The van der Waals surface area contributed by atoms with Gasteiger partial charge in [-0.25, -0.2) is 8.78 Å². The fourth-order valence-electron chi connectivity index (χ4n) is 3.11. The zero-order chi connectivity index (χ0) is 20.2. The number of hydrogen-bond donors (Lipinski definition) is 0. The van der Waals surface area contributed by atoms with Gasteiger partial charge in [-0.15, -0.1) is 10.2 Å². The van der Waals surface area contributed by atoms with E-state index in [1.807, 2.05) is 10.6 Å². The second-order valence-corrected chi connectivity index (χ2v) is 7.40. The van der Waals surface area contributed by atoms with E-state index in [4.69, 9.17) is 9.47 Å². The van der Waals surface area contributed by atoms with Crippen molar-refractivity contribution in [3.05, 3.63) is 59.7 Å². The number of benzene rings is 2. The standard InChI is InChI=1S/C20H20F2N4O2S/c1-27-18-6-5-14(11-17(18)22)13-29-20-24-23-19(25-7-9-28-10-8-25)26(20)16-4-2-3-15(21)12-16/h2-6,11-12H,7-10,13H2,1H3. The molecule has 2 heterocycles. The molecule has 0 spiro atoms. The summed E-state index contributed by atoms with van der Waals surface area (Å²) in [7, 11) is 1.43. The van der Waals surface area contributed by atoms with Crippen LogP contribution in [0.2, 0.25) is 0 Å². The zero-order valence-electron chi connectivity index (χ0n) is 15.8. The third kappa shape index (κ3) is 4.35. The number of nitrogens with zero attached hydrogens (tertiary/aromatic N) is 4. The number of rotatable bonds is 6. The molecule has 0 saturated carbocycles. The van der Waals surface area contributed by atoms with Gasteiger partial charge >= 0.3 is 0 Å². The Kier molecular flexibility index (Phi) is 5.96. The number of morpholine rings is 1. The fraction of sp³-hybridized carbons (Fsp3) is 0.300. The topological polar surface area (TPSA) is 52.4 Å². The summed E-state index contributed by atoms with van der Waals surface area (Å²) < 4.78 is 40.1. The third-order valence-corrected chi connectivity index (χ3v) is 5.56. The average molecular weight is 418 g/mol. The van der Waals surface area contributed by atoms with Crippen molar-refractivity contribution in [3.8, 4) is 11.4 Å². The van der Waals surface area contributed by atoms with E-state index >= 15 is 0 Å². The molecule has 0 atom stereocenters. The molecule has 1 saturated heterocycles. The Bertz CT molecular complexity index is 992. The zero-order valence-corrected chi connectivity index (χ0v) is 16.7. The Labute approximate surface area is 171 Å². The molecular formula is C20H20F2N4O2S. The first-order chi connectivity index (χ1) is 14.2. The van der Waals surface area contributed by atoms with Crippen molar-refractivity contribution in [1.82, 2.24) is 14.8 Å². The summed E-state index contributed by atoms with van der Waals surface area (Å²) in [5.41, 5.74) is 1.43. The highest BCUT2D eigenvalue weighted by Crippen LogP contribution is 2.30. The highest BCUT2D eigenvalue weighted by molar-refractivity contribution is 7.98. The number of hydrogen-bond acceptors (Lipinski definition) is 6. The first-order valence-electron chi connectivity index (χ1n) is 9.15. The Morgan fingerprint density at radius 2 is 1.93 bits per heavy atom. The van der Waals surface area contributed by atoms with Gasteiger partial charge in [0.05, 0.1) is 26.0 Å². The number of halogens is 2. The lowest BCUT2D eigenvalue weighted by molar-refractivity contribution is 0.122. The minimum atomic E-state index is -0.411. The number of thioether (sulfide) groups is 1. The van der Waals surface area contributed by atoms with Gasteiger partial charge < -0.3 is 14.4 Å². The summed E-state index contributed by atoms with van der Waals surface area (Å²) in [6.07, 6.45) is 0. The molecule has 1 aliphatic heterocycles. The summed E-state index contributed by atoms with van der Waals surface area (Å²) in [4.78, 5) is 2.07. The van der Waals surface area contributed by atoms with Crippen molar-refractivity contribution in [2.24, 2.45) is 0 Å². The molecule has 1 aliphatic rings. The molecule has 0 aliphatic carbocycles. The molecule has 152 valence electrons. The van der Waals surface area contributed by atoms with Crippen LogP contribution >= 0.6 is 11.8 Å². The molecule has 1 aromatic heterocycles. The molecule has 0 amide bonds. The van der Waals surface area contributed by atoms with Crippen molar-refractivity contribution in [1.29, 1.82) is 0 Å². The van der Waals surface area contributed by atoms with E-state index in [0.717, 1.165) is 5.56 Å². The normalized spacial score (nSPS) is 14.2. The Balaban J connectivity index is 1.64. The van der Waals surface area contributed by atoms with Crippen LogP contribution in [0.5, 0.6) is 5.75 Å². The maximum Gasteiger partial charge on any atom is 0.232 e. The largest absolute Gasteiger partial charge is 0.494 e. The second kappa shape index (κ2) is 8.79. The molecule has 1 fully saturated rings. The quantitative estimate of drug-likeness (QED) is 0.570. The molecule has 29 heavy (non-hydrogen) atoms. The lowest BCUT2D eigenvalue weighted by atomic mass is 10.2. The van der Waals surface area contributed by atoms with Crippen LogP contribution in [0.25, 0.3) is 5.69 Å². The SMILES string of the molecule is COc1ccc(CSc2nnc(N3CCOCC3)n2-c2cccc(F)c2)cc1F. The molecule has 4 rings (SSSR count). The van der Waals surface area contributed by atoms with E-state index in [1.165, 1.54) is 37.1 Å². The van der Waals surface area contributed by atoms with Crippen LogP contribution in [0.1, 0.15) is 5.56 Å². The van der Waals surface area contributed by atoms with Crippen LogP contribution in [0.15, 0.2) is 47.6 Å². The van der Waals surface area contributed by atoms with Crippen LogP contribution in [0, 0.1) is 11.6 Å². The molecule has 0 radical (unpaired) electrons. The molecule has 0 unspecified atom stereocenters. The first kappa shape index (κ1) is 19.7. The molecule has 6 nitrogen and oxygen atoms in total. The van der Waals surface area contributed by atoms with Gasteiger partial charge in [0.2, 0.25) is 5.95 Å². The van der Waals surface area contributed by atoms with Crippen molar-refractivity contribution in [3.63, 3.8) is 0 Å². The smallest absolute Gasteiger partial charge is 0.232 e. The highest BCUT2D eigenvalue weighted by atomic mass is 32.2. The van der Waals surface area contributed by atoms with Gasteiger partial charge in [-0.1, -0.05) is 23.9 Å². The molecule has 0 bridgehead atoms. The van der Waals surface area contributed by atoms with E-state index in [2.05, 4.69) is 15.1 Å². The van der Waals surface area contributed by atoms with E-state index in [1.54, 1.807) is 18.2 Å².